The standard InChI is InChI=1S/C17H11N3/c1-11-6-7-14-15(8-11)13-4-2-3-5-16(13)20-10-12(9-18)19-17(14)20/h2-8,10H,1H3. The largest absolute Gasteiger partial charge is 0.298 e. The van der Waals surface area contributed by atoms with Gasteiger partial charge in [0.25, 0.3) is 0 Å². The molecular formula is C17H11N3. The Morgan fingerprint density at radius 2 is 1.90 bits per heavy atom. The van der Waals surface area contributed by atoms with Gasteiger partial charge in [-0.15, -0.1) is 0 Å². The van der Waals surface area contributed by atoms with E-state index in [4.69, 9.17) is 5.26 Å². The Balaban J connectivity index is 2.39. The molecule has 0 unspecified atom stereocenters. The number of benzene rings is 2. The van der Waals surface area contributed by atoms with E-state index in [0.717, 1.165) is 16.6 Å². The van der Waals surface area contributed by atoms with E-state index < -0.39 is 0 Å². The third-order valence-corrected chi connectivity index (χ3v) is 3.69. The van der Waals surface area contributed by atoms with Crippen LogP contribution in [-0.4, -0.2) is 9.38 Å². The lowest BCUT2D eigenvalue weighted by Gasteiger charge is -2.08. The van der Waals surface area contributed by atoms with Gasteiger partial charge in [0.05, 0.1) is 5.52 Å². The summed E-state index contributed by atoms with van der Waals surface area (Å²) in [6.07, 6.45) is 1.80. The Labute approximate surface area is 115 Å². The van der Waals surface area contributed by atoms with Gasteiger partial charge in [-0.1, -0.05) is 42.0 Å². The average molecular weight is 257 g/mol. The van der Waals surface area contributed by atoms with Crippen LogP contribution in [0.3, 0.4) is 0 Å². The quantitative estimate of drug-likeness (QED) is 0.449. The number of para-hydroxylation sites is 1. The maximum absolute atomic E-state index is 9.10. The number of nitrogens with zero attached hydrogens (tertiary/aromatic N) is 3. The van der Waals surface area contributed by atoms with Crippen molar-refractivity contribution in [3.8, 4) is 6.07 Å². The number of rotatable bonds is 0. The second-order valence-electron chi connectivity index (χ2n) is 5.00. The SMILES string of the molecule is Cc1ccc2c(c1)c1ccccc1n1cc(C#N)nc21. The van der Waals surface area contributed by atoms with Crippen LogP contribution < -0.4 is 0 Å². The Morgan fingerprint density at radius 3 is 2.75 bits per heavy atom. The molecule has 0 atom stereocenters. The van der Waals surface area contributed by atoms with Gasteiger partial charge < -0.3 is 0 Å². The average Bonchev–Trinajstić information content (AvgIpc) is 2.92. The normalized spacial score (nSPS) is 11.2. The zero-order chi connectivity index (χ0) is 13.7. The van der Waals surface area contributed by atoms with Gasteiger partial charge in [0.15, 0.2) is 5.69 Å². The molecule has 3 heteroatoms. The molecule has 4 rings (SSSR count). The van der Waals surface area contributed by atoms with Crippen LogP contribution in [0.15, 0.2) is 48.7 Å². The molecule has 0 spiro atoms. The van der Waals surface area contributed by atoms with Crippen LogP contribution in [0.25, 0.3) is 27.3 Å². The molecule has 0 saturated heterocycles. The topological polar surface area (TPSA) is 41.1 Å². The summed E-state index contributed by atoms with van der Waals surface area (Å²) < 4.78 is 2.01. The van der Waals surface area contributed by atoms with Crippen LogP contribution >= 0.6 is 0 Å². The first-order valence-corrected chi connectivity index (χ1v) is 6.48. The lowest BCUT2D eigenvalue weighted by atomic mass is 10.0. The van der Waals surface area contributed by atoms with Crippen LogP contribution in [-0.2, 0) is 0 Å². The first-order chi connectivity index (χ1) is 9.78. The molecule has 3 nitrogen and oxygen atoms in total. The van der Waals surface area contributed by atoms with Gasteiger partial charge in [0, 0.05) is 17.0 Å². The fourth-order valence-corrected chi connectivity index (χ4v) is 2.80. The molecule has 0 radical (unpaired) electrons. The fourth-order valence-electron chi connectivity index (χ4n) is 2.80. The molecule has 0 bridgehead atoms. The third kappa shape index (κ3) is 1.36. The van der Waals surface area contributed by atoms with Crippen molar-refractivity contribution >= 4 is 27.3 Å². The van der Waals surface area contributed by atoms with E-state index in [1.165, 1.54) is 16.3 Å². The first kappa shape index (κ1) is 11.0. The molecule has 2 aromatic carbocycles. The highest BCUT2D eigenvalue weighted by molar-refractivity contribution is 6.11. The Kier molecular flexibility index (Phi) is 2.10. The number of fused-ring (bicyclic) bond motifs is 6. The van der Waals surface area contributed by atoms with Crippen LogP contribution in [0, 0.1) is 18.3 Å². The predicted molar refractivity (Wildman–Crippen MR) is 79.7 cm³/mol. The summed E-state index contributed by atoms with van der Waals surface area (Å²) in [5.41, 5.74) is 3.59. The zero-order valence-electron chi connectivity index (χ0n) is 11.0. The van der Waals surface area contributed by atoms with Crippen molar-refractivity contribution in [1.82, 2.24) is 9.38 Å². The summed E-state index contributed by atoms with van der Waals surface area (Å²) in [5, 5.41) is 12.5. The Bertz CT molecular complexity index is 1020. The Hall–Kier alpha value is -2.86. The van der Waals surface area contributed by atoms with Gasteiger partial charge in [-0.05, 0) is 18.4 Å². The van der Waals surface area contributed by atoms with Crippen LogP contribution in [0.2, 0.25) is 0 Å². The van der Waals surface area contributed by atoms with Crippen LogP contribution in [0.5, 0.6) is 0 Å². The lowest BCUT2D eigenvalue weighted by molar-refractivity contribution is 1.27. The number of hydrogen-bond donors (Lipinski definition) is 0. The summed E-state index contributed by atoms with van der Waals surface area (Å²) in [6.45, 7) is 2.09. The van der Waals surface area contributed by atoms with E-state index in [1.54, 1.807) is 6.20 Å². The molecule has 0 aliphatic carbocycles. The second kappa shape index (κ2) is 3.82. The van der Waals surface area contributed by atoms with Crippen molar-refractivity contribution in [3.05, 3.63) is 59.9 Å². The van der Waals surface area contributed by atoms with Crippen molar-refractivity contribution < 1.29 is 0 Å². The molecule has 0 aliphatic heterocycles. The van der Waals surface area contributed by atoms with E-state index in [-0.39, 0.29) is 0 Å². The zero-order valence-corrected chi connectivity index (χ0v) is 11.0. The molecular weight excluding hydrogens is 246 g/mol. The van der Waals surface area contributed by atoms with Crippen molar-refractivity contribution in [2.24, 2.45) is 0 Å². The molecule has 0 saturated carbocycles. The molecule has 0 fully saturated rings. The number of pyridine rings is 1. The molecule has 0 aliphatic rings. The van der Waals surface area contributed by atoms with Gasteiger partial charge in [0.2, 0.25) is 0 Å². The maximum Gasteiger partial charge on any atom is 0.159 e. The monoisotopic (exact) mass is 257 g/mol. The molecule has 2 heterocycles. The molecule has 0 amide bonds. The van der Waals surface area contributed by atoms with Gasteiger partial charge in [-0.3, -0.25) is 4.40 Å². The van der Waals surface area contributed by atoms with Gasteiger partial charge in [0.1, 0.15) is 11.7 Å². The van der Waals surface area contributed by atoms with Crippen molar-refractivity contribution in [1.29, 1.82) is 5.26 Å². The third-order valence-electron chi connectivity index (χ3n) is 3.69. The number of aromatic nitrogens is 2. The molecule has 4 aromatic rings. The highest BCUT2D eigenvalue weighted by Gasteiger charge is 2.11. The minimum atomic E-state index is 0.447. The summed E-state index contributed by atoms with van der Waals surface area (Å²) in [5.74, 6) is 0. The van der Waals surface area contributed by atoms with Crippen molar-refractivity contribution in [3.63, 3.8) is 0 Å². The fraction of sp³-hybridized carbons (Fsp3) is 0.0588. The lowest BCUT2D eigenvalue weighted by Crippen LogP contribution is -1.90. The molecule has 2 aromatic heterocycles. The highest BCUT2D eigenvalue weighted by Crippen LogP contribution is 2.29. The van der Waals surface area contributed by atoms with Gasteiger partial charge in [-0.25, -0.2) is 4.98 Å². The number of nitriles is 1. The summed E-state index contributed by atoms with van der Waals surface area (Å²) in [6, 6.07) is 16.7. The van der Waals surface area contributed by atoms with Gasteiger partial charge in [-0.2, -0.15) is 5.26 Å². The number of imidazole rings is 1. The van der Waals surface area contributed by atoms with Gasteiger partial charge >= 0.3 is 0 Å². The molecule has 20 heavy (non-hydrogen) atoms. The number of aryl methyl sites for hydroxylation is 1. The predicted octanol–water partition coefficient (Wildman–Crippen LogP) is 3.82. The van der Waals surface area contributed by atoms with E-state index in [0.29, 0.717) is 5.69 Å². The molecule has 94 valence electrons. The minimum Gasteiger partial charge on any atom is -0.298 e. The summed E-state index contributed by atoms with van der Waals surface area (Å²) in [4.78, 5) is 4.44. The van der Waals surface area contributed by atoms with E-state index in [9.17, 15) is 0 Å². The molecule has 0 N–H and O–H groups in total. The minimum absolute atomic E-state index is 0.447. The first-order valence-electron chi connectivity index (χ1n) is 6.48. The number of hydrogen-bond acceptors (Lipinski definition) is 2. The summed E-state index contributed by atoms with van der Waals surface area (Å²) >= 11 is 0. The highest BCUT2D eigenvalue weighted by atomic mass is 15.0. The van der Waals surface area contributed by atoms with Crippen LogP contribution in [0.4, 0.5) is 0 Å². The van der Waals surface area contributed by atoms with Crippen LogP contribution in [0.1, 0.15) is 11.3 Å². The van der Waals surface area contributed by atoms with Crippen molar-refractivity contribution in [2.45, 2.75) is 6.92 Å². The Morgan fingerprint density at radius 1 is 1.05 bits per heavy atom. The smallest absolute Gasteiger partial charge is 0.159 e. The van der Waals surface area contributed by atoms with E-state index in [1.807, 2.05) is 16.5 Å². The van der Waals surface area contributed by atoms with E-state index in [2.05, 4.69) is 48.3 Å². The summed E-state index contributed by atoms with van der Waals surface area (Å²) in [7, 11) is 0. The van der Waals surface area contributed by atoms with E-state index >= 15 is 0 Å². The second-order valence-corrected chi connectivity index (χ2v) is 5.00. The maximum atomic E-state index is 9.10. The van der Waals surface area contributed by atoms with Crippen molar-refractivity contribution in [2.75, 3.05) is 0 Å².